The van der Waals surface area contributed by atoms with Crippen molar-refractivity contribution in [3.8, 4) is 0 Å². The van der Waals surface area contributed by atoms with E-state index in [1.165, 1.54) is 24.9 Å². The molecule has 0 heterocycles. The predicted molar refractivity (Wildman–Crippen MR) is 89.0 cm³/mol. The van der Waals surface area contributed by atoms with Gasteiger partial charge in [-0.25, -0.2) is 0 Å². The molecule has 0 saturated carbocycles. The fourth-order valence-electron chi connectivity index (χ4n) is 2.22. The summed E-state index contributed by atoms with van der Waals surface area (Å²) in [4.78, 5) is 2.32. The minimum absolute atomic E-state index is 1.12. The molecule has 0 amide bonds. The van der Waals surface area contributed by atoms with Crippen molar-refractivity contribution < 1.29 is 0 Å². The van der Waals surface area contributed by atoms with Gasteiger partial charge >= 0.3 is 0 Å². The molecular formula is C18H24N2. The molecule has 20 heavy (non-hydrogen) atoms. The van der Waals surface area contributed by atoms with Crippen molar-refractivity contribution in [2.75, 3.05) is 23.8 Å². The summed E-state index contributed by atoms with van der Waals surface area (Å²) < 4.78 is 0. The van der Waals surface area contributed by atoms with Gasteiger partial charge in [-0.3, -0.25) is 0 Å². The van der Waals surface area contributed by atoms with Crippen LogP contribution >= 0.6 is 0 Å². The van der Waals surface area contributed by atoms with Crippen molar-refractivity contribution in [3.05, 3.63) is 54.6 Å². The largest absolute Gasteiger partial charge is 0.375 e. The zero-order valence-electron chi connectivity index (χ0n) is 12.5. The number of nitrogens with one attached hydrogen (secondary N) is 1. The molecule has 0 radical (unpaired) electrons. The average molecular weight is 268 g/mol. The van der Waals surface area contributed by atoms with Gasteiger partial charge in [0.2, 0.25) is 0 Å². The maximum atomic E-state index is 3.40. The smallest absolute Gasteiger partial charge is 0.0385 e. The Morgan fingerprint density at radius 1 is 0.850 bits per heavy atom. The lowest BCUT2D eigenvalue weighted by Crippen LogP contribution is -2.18. The lowest BCUT2D eigenvalue weighted by atomic mass is 10.2. The maximum Gasteiger partial charge on any atom is 0.0385 e. The van der Waals surface area contributed by atoms with Gasteiger partial charge in [0, 0.05) is 30.7 Å². The second kappa shape index (κ2) is 7.59. The molecule has 0 unspecified atom stereocenters. The van der Waals surface area contributed by atoms with E-state index in [0.717, 1.165) is 17.9 Å². The molecule has 0 saturated heterocycles. The molecular weight excluding hydrogens is 244 g/mol. The second-order valence-electron chi connectivity index (χ2n) is 5.17. The lowest BCUT2D eigenvalue weighted by Gasteiger charge is -2.19. The highest BCUT2D eigenvalue weighted by Crippen LogP contribution is 2.20. The zero-order chi connectivity index (χ0) is 14.2. The highest BCUT2D eigenvalue weighted by molar-refractivity contribution is 5.62. The third kappa shape index (κ3) is 4.30. The van der Waals surface area contributed by atoms with Crippen LogP contribution in [0, 0.1) is 0 Å². The molecule has 0 fully saturated rings. The first-order chi connectivity index (χ1) is 9.79. The molecule has 106 valence electrons. The molecule has 0 spiro atoms. The fraction of sp³-hybridized carbons (Fsp3) is 0.333. The summed E-state index contributed by atoms with van der Waals surface area (Å²) in [7, 11) is 2.16. The number of rotatable bonds is 7. The van der Waals surface area contributed by atoms with Gasteiger partial charge in [0.15, 0.2) is 0 Å². The Kier molecular flexibility index (Phi) is 5.48. The minimum Gasteiger partial charge on any atom is -0.375 e. The Balaban J connectivity index is 1.92. The van der Waals surface area contributed by atoms with Crippen LogP contribution in [0.15, 0.2) is 54.6 Å². The van der Waals surface area contributed by atoms with Crippen molar-refractivity contribution >= 4 is 17.1 Å². The monoisotopic (exact) mass is 268 g/mol. The van der Waals surface area contributed by atoms with Crippen LogP contribution in [-0.4, -0.2) is 13.6 Å². The van der Waals surface area contributed by atoms with Crippen LogP contribution in [0.4, 0.5) is 17.1 Å². The van der Waals surface area contributed by atoms with Crippen molar-refractivity contribution in [1.82, 2.24) is 0 Å². The number of nitrogens with zero attached hydrogens (tertiary/aromatic N) is 1. The molecule has 0 aromatic heterocycles. The van der Waals surface area contributed by atoms with E-state index in [4.69, 9.17) is 0 Å². The number of anilines is 3. The SMILES string of the molecule is CCCCCN(C)c1ccc(Nc2ccccc2)cc1. The number of unbranched alkanes of at least 4 members (excludes halogenated alkanes) is 2. The van der Waals surface area contributed by atoms with Gasteiger partial charge in [-0.2, -0.15) is 0 Å². The van der Waals surface area contributed by atoms with E-state index in [-0.39, 0.29) is 0 Å². The Morgan fingerprint density at radius 2 is 1.50 bits per heavy atom. The van der Waals surface area contributed by atoms with Crippen molar-refractivity contribution in [2.45, 2.75) is 26.2 Å². The van der Waals surface area contributed by atoms with Crippen LogP contribution < -0.4 is 10.2 Å². The van der Waals surface area contributed by atoms with E-state index in [9.17, 15) is 0 Å². The summed E-state index contributed by atoms with van der Waals surface area (Å²) in [5.74, 6) is 0. The molecule has 2 nitrogen and oxygen atoms in total. The van der Waals surface area contributed by atoms with Crippen molar-refractivity contribution in [3.63, 3.8) is 0 Å². The zero-order valence-corrected chi connectivity index (χ0v) is 12.5. The lowest BCUT2D eigenvalue weighted by molar-refractivity contribution is 0.705. The maximum absolute atomic E-state index is 3.40. The van der Waals surface area contributed by atoms with E-state index in [1.807, 2.05) is 18.2 Å². The average Bonchev–Trinajstić information content (AvgIpc) is 2.49. The summed E-state index contributed by atoms with van der Waals surface area (Å²) >= 11 is 0. The fourth-order valence-corrected chi connectivity index (χ4v) is 2.22. The molecule has 0 bridgehead atoms. The third-order valence-electron chi connectivity index (χ3n) is 3.47. The van der Waals surface area contributed by atoms with Crippen LogP contribution in [0.5, 0.6) is 0 Å². The number of benzene rings is 2. The molecule has 2 aromatic carbocycles. The minimum atomic E-state index is 1.12. The van der Waals surface area contributed by atoms with Crippen molar-refractivity contribution in [2.24, 2.45) is 0 Å². The first-order valence-corrected chi connectivity index (χ1v) is 7.43. The Labute approximate surface area is 122 Å². The summed E-state index contributed by atoms with van der Waals surface area (Å²) in [5, 5.41) is 3.40. The van der Waals surface area contributed by atoms with Gasteiger partial charge in [0.05, 0.1) is 0 Å². The standard InChI is InChI=1S/C18H24N2/c1-3-4-8-15-20(2)18-13-11-17(12-14-18)19-16-9-6-5-7-10-16/h5-7,9-14,19H,3-4,8,15H2,1-2H3. The third-order valence-corrected chi connectivity index (χ3v) is 3.47. The predicted octanol–water partition coefficient (Wildman–Crippen LogP) is 5.06. The molecule has 2 rings (SSSR count). The van der Waals surface area contributed by atoms with Crippen LogP contribution in [0.3, 0.4) is 0 Å². The molecule has 0 aliphatic carbocycles. The highest BCUT2D eigenvalue weighted by atomic mass is 15.1. The van der Waals surface area contributed by atoms with Gasteiger partial charge < -0.3 is 10.2 Å². The van der Waals surface area contributed by atoms with Crippen LogP contribution in [0.2, 0.25) is 0 Å². The molecule has 0 aliphatic rings. The number of para-hydroxylation sites is 1. The van der Waals surface area contributed by atoms with Crippen LogP contribution in [0.1, 0.15) is 26.2 Å². The molecule has 2 aromatic rings. The van der Waals surface area contributed by atoms with Gasteiger partial charge in [-0.1, -0.05) is 38.0 Å². The first kappa shape index (κ1) is 14.4. The summed E-state index contributed by atoms with van der Waals surface area (Å²) in [6.45, 7) is 3.36. The number of hydrogen-bond acceptors (Lipinski definition) is 2. The van der Waals surface area contributed by atoms with Crippen LogP contribution in [-0.2, 0) is 0 Å². The van der Waals surface area contributed by atoms with E-state index >= 15 is 0 Å². The molecule has 0 aliphatic heterocycles. The summed E-state index contributed by atoms with van der Waals surface area (Å²) in [6, 6.07) is 18.9. The van der Waals surface area contributed by atoms with E-state index in [0.29, 0.717) is 0 Å². The Bertz CT molecular complexity index is 491. The highest BCUT2D eigenvalue weighted by Gasteiger charge is 2.00. The summed E-state index contributed by atoms with van der Waals surface area (Å²) in [6.07, 6.45) is 3.84. The Morgan fingerprint density at radius 3 is 2.15 bits per heavy atom. The van der Waals surface area contributed by atoms with Gasteiger partial charge in [-0.15, -0.1) is 0 Å². The second-order valence-corrected chi connectivity index (χ2v) is 5.17. The topological polar surface area (TPSA) is 15.3 Å². The van der Waals surface area contributed by atoms with Crippen LogP contribution in [0.25, 0.3) is 0 Å². The van der Waals surface area contributed by atoms with E-state index in [1.54, 1.807) is 0 Å². The Hall–Kier alpha value is -1.96. The first-order valence-electron chi connectivity index (χ1n) is 7.43. The van der Waals surface area contributed by atoms with Gasteiger partial charge in [0.25, 0.3) is 0 Å². The van der Waals surface area contributed by atoms with E-state index in [2.05, 4.69) is 60.6 Å². The molecule has 0 atom stereocenters. The summed E-state index contributed by atoms with van der Waals surface area (Å²) in [5.41, 5.74) is 3.53. The quantitative estimate of drug-likeness (QED) is 0.706. The van der Waals surface area contributed by atoms with Gasteiger partial charge in [0.1, 0.15) is 0 Å². The number of hydrogen-bond donors (Lipinski definition) is 1. The normalized spacial score (nSPS) is 10.3. The van der Waals surface area contributed by atoms with Gasteiger partial charge in [-0.05, 0) is 42.8 Å². The molecule has 1 N–H and O–H groups in total. The molecule has 2 heteroatoms. The van der Waals surface area contributed by atoms with E-state index < -0.39 is 0 Å². The van der Waals surface area contributed by atoms with Crippen molar-refractivity contribution in [1.29, 1.82) is 0 Å².